The van der Waals surface area contributed by atoms with Gasteiger partial charge < -0.3 is 26.5 Å². The Morgan fingerprint density at radius 2 is 1.64 bits per heavy atom. The van der Waals surface area contributed by atoms with Crippen LogP contribution in [-0.2, 0) is 0 Å². The zero-order valence-corrected chi connectivity index (χ0v) is 12.9. The number of aliphatic hydroxyl groups is 3. The highest BCUT2D eigenvalue weighted by molar-refractivity contribution is 5.99. The number of aliphatic hydroxyl groups excluding tert-OH is 3. The summed E-state index contributed by atoms with van der Waals surface area (Å²) in [4.78, 5) is 0. The van der Waals surface area contributed by atoms with E-state index in [1.165, 1.54) is 0 Å². The van der Waals surface area contributed by atoms with Gasteiger partial charge in [-0.15, -0.1) is 5.11 Å². The van der Waals surface area contributed by atoms with E-state index in [-0.39, 0.29) is 11.5 Å². The van der Waals surface area contributed by atoms with Gasteiger partial charge in [0.05, 0.1) is 0 Å². The Morgan fingerprint density at radius 1 is 0.920 bits per heavy atom. The van der Waals surface area contributed by atoms with Gasteiger partial charge in [-0.3, -0.25) is 5.41 Å². The first kappa shape index (κ1) is 16.1. The van der Waals surface area contributed by atoms with Gasteiger partial charge in [-0.25, -0.2) is 0 Å². The molecule has 2 aromatic carbocycles. The number of benzene rings is 2. The Balaban J connectivity index is 2.03. The van der Waals surface area contributed by atoms with Crippen molar-refractivity contribution in [2.45, 2.75) is 0 Å². The van der Waals surface area contributed by atoms with Gasteiger partial charge in [0.15, 0.2) is 17.4 Å². The molecule has 2 aromatic rings. The number of nitrogens with zero attached hydrogens (tertiary/aromatic N) is 2. The van der Waals surface area contributed by atoms with E-state index in [2.05, 4.69) is 15.7 Å². The van der Waals surface area contributed by atoms with Crippen molar-refractivity contribution in [1.29, 1.82) is 5.41 Å². The highest BCUT2D eigenvalue weighted by Crippen LogP contribution is 2.32. The van der Waals surface area contributed by atoms with E-state index in [1.807, 2.05) is 30.3 Å². The normalized spacial score (nSPS) is 13.9. The van der Waals surface area contributed by atoms with E-state index < -0.39 is 17.3 Å². The largest absolute Gasteiger partial charge is 0.503 e. The molecule has 0 atom stereocenters. The number of rotatable bonds is 4. The molecule has 0 amide bonds. The summed E-state index contributed by atoms with van der Waals surface area (Å²) in [5, 5.41) is 45.9. The molecule has 0 saturated heterocycles. The number of hydrogen-bond acceptors (Lipinski definition) is 6. The van der Waals surface area contributed by atoms with Crippen molar-refractivity contribution in [3.05, 3.63) is 77.1 Å². The van der Waals surface area contributed by atoms with Gasteiger partial charge in [0.1, 0.15) is 5.70 Å². The third kappa shape index (κ3) is 3.00. The Bertz CT molecular complexity index is 933. The first-order valence-corrected chi connectivity index (χ1v) is 7.25. The summed E-state index contributed by atoms with van der Waals surface area (Å²) in [6, 6.07) is 14.6. The SMILES string of the molecule is N=C(N=NN)c1cc(NC2=C(O)C(O)=C2O)cc(-c2ccccc2)c1. The van der Waals surface area contributed by atoms with Crippen LogP contribution >= 0.6 is 0 Å². The van der Waals surface area contributed by atoms with Crippen molar-refractivity contribution in [1.82, 2.24) is 0 Å². The Morgan fingerprint density at radius 3 is 2.28 bits per heavy atom. The Hall–Kier alpha value is -3.81. The van der Waals surface area contributed by atoms with Crippen LogP contribution < -0.4 is 11.2 Å². The first-order valence-electron chi connectivity index (χ1n) is 7.25. The number of nitrogens with one attached hydrogen (secondary N) is 2. The van der Waals surface area contributed by atoms with Crippen LogP contribution in [0.15, 0.2) is 81.8 Å². The van der Waals surface area contributed by atoms with Gasteiger partial charge in [-0.2, -0.15) is 0 Å². The zero-order valence-electron chi connectivity index (χ0n) is 12.9. The summed E-state index contributed by atoms with van der Waals surface area (Å²) in [6.07, 6.45) is 0. The molecule has 0 aliphatic heterocycles. The van der Waals surface area contributed by atoms with Crippen LogP contribution in [0.3, 0.4) is 0 Å². The summed E-state index contributed by atoms with van der Waals surface area (Å²) in [7, 11) is 0. The maximum Gasteiger partial charge on any atom is 0.205 e. The third-order valence-corrected chi connectivity index (χ3v) is 3.66. The summed E-state index contributed by atoms with van der Waals surface area (Å²) >= 11 is 0. The van der Waals surface area contributed by atoms with Crippen molar-refractivity contribution < 1.29 is 15.3 Å². The van der Waals surface area contributed by atoms with Gasteiger partial charge in [0, 0.05) is 11.3 Å². The molecule has 1 aliphatic carbocycles. The predicted molar refractivity (Wildman–Crippen MR) is 93.3 cm³/mol. The lowest BCUT2D eigenvalue weighted by Gasteiger charge is -2.21. The molecule has 3 rings (SSSR count). The summed E-state index contributed by atoms with van der Waals surface area (Å²) in [6.45, 7) is 0. The van der Waals surface area contributed by atoms with Crippen LogP contribution in [0, 0.1) is 5.41 Å². The van der Waals surface area contributed by atoms with Crippen LogP contribution in [0.1, 0.15) is 5.56 Å². The van der Waals surface area contributed by atoms with E-state index in [4.69, 9.17) is 11.3 Å². The van der Waals surface area contributed by atoms with Crippen molar-refractivity contribution in [3.8, 4) is 11.1 Å². The molecule has 25 heavy (non-hydrogen) atoms. The molecule has 0 saturated carbocycles. The van der Waals surface area contributed by atoms with Crippen LogP contribution in [0.25, 0.3) is 11.1 Å². The number of anilines is 1. The second kappa shape index (κ2) is 6.36. The molecule has 126 valence electrons. The van der Waals surface area contributed by atoms with Crippen LogP contribution in [-0.4, -0.2) is 21.2 Å². The van der Waals surface area contributed by atoms with E-state index in [0.29, 0.717) is 11.3 Å². The van der Waals surface area contributed by atoms with Gasteiger partial charge >= 0.3 is 0 Å². The number of hydrogen-bond donors (Lipinski definition) is 6. The highest BCUT2D eigenvalue weighted by atomic mass is 16.3. The van der Waals surface area contributed by atoms with Gasteiger partial charge in [0.2, 0.25) is 5.76 Å². The predicted octanol–water partition coefficient (Wildman–Crippen LogP) is 3.53. The van der Waals surface area contributed by atoms with Crippen LogP contribution in [0.5, 0.6) is 0 Å². The van der Waals surface area contributed by atoms with Gasteiger partial charge in [0.25, 0.3) is 0 Å². The molecule has 0 bridgehead atoms. The number of amidine groups is 1. The second-order valence-corrected chi connectivity index (χ2v) is 5.27. The number of nitrogens with two attached hydrogens (primary N) is 1. The molecule has 0 spiro atoms. The molecule has 1 aliphatic rings. The van der Waals surface area contributed by atoms with E-state index in [0.717, 1.165) is 11.1 Å². The van der Waals surface area contributed by atoms with Gasteiger partial charge in [-0.1, -0.05) is 35.6 Å². The molecule has 0 heterocycles. The smallest absolute Gasteiger partial charge is 0.205 e. The Kier molecular flexibility index (Phi) is 4.09. The summed E-state index contributed by atoms with van der Waals surface area (Å²) in [5.41, 5.74) is 2.60. The molecule has 8 heteroatoms. The molecule has 0 fully saturated rings. The molecule has 0 radical (unpaired) electrons. The fraction of sp³-hybridized carbons (Fsp3) is 0. The Labute approximate surface area is 142 Å². The second-order valence-electron chi connectivity index (χ2n) is 5.27. The molecule has 0 unspecified atom stereocenters. The third-order valence-electron chi connectivity index (χ3n) is 3.66. The van der Waals surface area contributed by atoms with E-state index >= 15 is 0 Å². The lowest BCUT2D eigenvalue weighted by atomic mass is 10.0. The fourth-order valence-corrected chi connectivity index (χ4v) is 2.41. The molecule has 8 nitrogen and oxygen atoms in total. The summed E-state index contributed by atoms with van der Waals surface area (Å²) in [5.74, 6) is 3.45. The maximum atomic E-state index is 9.61. The minimum atomic E-state index is -0.563. The van der Waals surface area contributed by atoms with Crippen molar-refractivity contribution in [2.75, 3.05) is 5.32 Å². The lowest BCUT2D eigenvalue weighted by Crippen LogP contribution is -2.18. The van der Waals surface area contributed by atoms with E-state index in [9.17, 15) is 15.3 Å². The van der Waals surface area contributed by atoms with Crippen molar-refractivity contribution in [3.63, 3.8) is 0 Å². The molecule has 0 aromatic heterocycles. The minimum absolute atomic E-state index is 0.000596. The van der Waals surface area contributed by atoms with Crippen molar-refractivity contribution >= 4 is 11.5 Å². The maximum absolute atomic E-state index is 9.61. The van der Waals surface area contributed by atoms with Crippen LogP contribution in [0.2, 0.25) is 0 Å². The average molecular weight is 337 g/mol. The quantitative estimate of drug-likeness (QED) is 0.166. The van der Waals surface area contributed by atoms with Gasteiger partial charge in [-0.05, 0) is 29.3 Å². The standard InChI is InChI=1S/C17H15N5O3/c18-17(21-22-19)11-6-10(9-4-2-1-3-5-9)7-12(8-11)20-13-14(23)16(25)15(13)24/h1-8,20,23-25H,(H3,18,19,21). The topological polar surface area (TPSA) is 147 Å². The van der Waals surface area contributed by atoms with Crippen molar-refractivity contribution in [2.24, 2.45) is 16.2 Å². The monoisotopic (exact) mass is 337 g/mol. The average Bonchev–Trinajstić information content (AvgIpc) is 2.66. The highest BCUT2D eigenvalue weighted by Gasteiger charge is 2.29. The molecular weight excluding hydrogens is 322 g/mol. The summed E-state index contributed by atoms with van der Waals surface area (Å²) < 4.78 is 0. The zero-order chi connectivity index (χ0) is 18.0. The fourth-order valence-electron chi connectivity index (χ4n) is 2.41. The lowest BCUT2D eigenvalue weighted by molar-refractivity contribution is 0.257. The molecule has 7 N–H and O–H groups in total. The molecular formula is C17H15N5O3. The minimum Gasteiger partial charge on any atom is -0.503 e. The van der Waals surface area contributed by atoms with E-state index in [1.54, 1.807) is 18.2 Å². The first-order chi connectivity index (χ1) is 12.0. The van der Waals surface area contributed by atoms with Crippen LogP contribution in [0.4, 0.5) is 5.69 Å².